The molecule has 0 bridgehead atoms. The standard InChI is InChI=1S/C15H16BrNO/c1-10-3-4-14(5-11(10)2)18-15-7-12(9-17)6-13(16)8-15/h3-8H,9,17H2,1-2H3. The maximum Gasteiger partial charge on any atom is 0.128 e. The molecule has 0 aliphatic carbocycles. The van der Waals surface area contributed by atoms with Gasteiger partial charge in [0, 0.05) is 11.0 Å². The average Bonchev–Trinajstić information content (AvgIpc) is 2.33. The number of aryl methyl sites for hydroxylation is 2. The number of benzene rings is 2. The summed E-state index contributed by atoms with van der Waals surface area (Å²) in [5.41, 5.74) is 9.18. The van der Waals surface area contributed by atoms with E-state index in [1.807, 2.05) is 30.3 Å². The van der Waals surface area contributed by atoms with Crippen molar-refractivity contribution in [3.8, 4) is 11.5 Å². The molecular weight excluding hydrogens is 290 g/mol. The van der Waals surface area contributed by atoms with Gasteiger partial charge in [-0.1, -0.05) is 22.0 Å². The van der Waals surface area contributed by atoms with Crippen molar-refractivity contribution in [3.63, 3.8) is 0 Å². The maximum absolute atomic E-state index is 5.85. The smallest absolute Gasteiger partial charge is 0.128 e. The van der Waals surface area contributed by atoms with Crippen LogP contribution in [0.5, 0.6) is 11.5 Å². The van der Waals surface area contributed by atoms with E-state index in [0.29, 0.717) is 6.54 Å². The van der Waals surface area contributed by atoms with Crippen molar-refractivity contribution in [3.05, 3.63) is 57.6 Å². The molecule has 0 aromatic heterocycles. The summed E-state index contributed by atoms with van der Waals surface area (Å²) in [6, 6.07) is 12.0. The van der Waals surface area contributed by atoms with Gasteiger partial charge in [0.1, 0.15) is 11.5 Å². The lowest BCUT2D eigenvalue weighted by molar-refractivity contribution is 0.481. The lowest BCUT2D eigenvalue weighted by Gasteiger charge is -2.09. The van der Waals surface area contributed by atoms with Crippen LogP contribution in [-0.2, 0) is 6.54 Å². The summed E-state index contributed by atoms with van der Waals surface area (Å²) in [5.74, 6) is 1.65. The summed E-state index contributed by atoms with van der Waals surface area (Å²) >= 11 is 3.46. The van der Waals surface area contributed by atoms with Gasteiger partial charge < -0.3 is 10.5 Å². The SMILES string of the molecule is Cc1ccc(Oc2cc(Br)cc(CN)c2)cc1C. The van der Waals surface area contributed by atoms with Crippen LogP contribution >= 0.6 is 15.9 Å². The molecule has 0 amide bonds. The second-order valence-electron chi connectivity index (χ2n) is 4.35. The highest BCUT2D eigenvalue weighted by Crippen LogP contribution is 2.27. The van der Waals surface area contributed by atoms with Crippen molar-refractivity contribution in [1.29, 1.82) is 0 Å². The second kappa shape index (κ2) is 5.55. The van der Waals surface area contributed by atoms with Gasteiger partial charge in [0.15, 0.2) is 0 Å². The number of nitrogens with two attached hydrogens (primary N) is 1. The van der Waals surface area contributed by atoms with Crippen LogP contribution < -0.4 is 10.5 Å². The molecule has 0 fully saturated rings. The van der Waals surface area contributed by atoms with E-state index in [0.717, 1.165) is 21.5 Å². The predicted molar refractivity (Wildman–Crippen MR) is 78.0 cm³/mol. The van der Waals surface area contributed by atoms with Gasteiger partial charge in [-0.05, 0) is 60.9 Å². The summed E-state index contributed by atoms with van der Waals surface area (Å²) in [6.45, 7) is 4.67. The van der Waals surface area contributed by atoms with E-state index >= 15 is 0 Å². The summed E-state index contributed by atoms with van der Waals surface area (Å²) in [6.07, 6.45) is 0. The first-order valence-corrected chi connectivity index (χ1v) is 6.62. The van der Waals surface area contributed by atoms with Crippen molar-refractivity contribution in [2.24, 2.45) is 5.73 Å². The third-order valence-electron chi connectivity index (χ3n) is 2.88. The zero-order valence-corrected chi connectivity index (χ0v) is 12.1. The first kappa shape index (κ1) is 13.1. The molecule has 2 nitrogen and oxygen atoms in total. The zero-order chi connectivity index (χ0) is 13.1. The molecule has 0 heterocycles. The van der Waals surface area contributed by atoms with E-state index in [4.69, 9.17) is 10.5 Å². The highest BCUT2D eigenvalue weighted by atomic mass is 79.9. The molecule has 94 valence electrons. The number of halogens is 1. The molecule has 2 aromatic carbocycles. The normalized spacial score (nSPS) is 10.4. The topological polar surface area (TPSA) is 35.2 Å². The Morgan fingerprint density at radius 3 is 2.44 bits per heavy atom. The van der Waals surface area contributed by atoms with Gasteiger partial charge in [-0.25, -0.2) is 0 Å². The minimum atomic E-state index is 0.503. The molecule has 2 aromatic rings. The molecule has 0 spiro atoms. The average molecular weight is 306 g/mol. The van der Waals surface area contributed by atoms with Crippen LogP contribution in [0.1, 0.15) is 16.7 Å². The van der Waals surface area contributed by atoms with Crippen LogP contribution in [-0.4, -0.2) is 0 Å². The first-order chi connectivity index (χ1) is 8.58. The Morgan fingerprint density at radius 1 is 1.00 bits per heavy atom. The van der Waals surface area contributed by atoms with Gasteiger partial charge in [0.05, 0.1) is 0 Å². The number of rotatable bonds is 3. The van der Waals surface area contributed by atoms with Crippen molar-refractivity contribution in [1.82, 2.24) is 0 Å². The highest BCUT2D eigenvalue weighted by Gasteiger charge is 2.02. The minimum Gasteiger partial charge on any atom is -0.457 e. The Hall–Kier alpha value is -1.32. The van der Waals surface area contributed by atoms with E-state index in [1.54, 1.807) is 0 Å². The number of ether oxygens (including phenoxy) is 1. The minimum absolute atomic E-state index is 0.503. The van der Waals surface area contributed by atoms with Crippen LogP contribution in [0.2, 0.25) is 0 Å². The maximum atomic E-state index is 5.85. The van der Waals surface area contributed by atoms with Gasteiger partial charge in [-0.2, -0.15) is 0 Å². The van der Waals surface area contributed by atoms with E-state index in [1.165, 1.54) is 11.1 Å². The van der Waals surface area contributed by atoms with Crippen LogP contribution in [0.4, 0.5) is 0 Å². The van der Waals surface area contributed by atoms with E-state index in [-0.39, 0.29) is 0 Å². The summed E-state index contributed by atoms with van der Waals surface area (Å²) in [4.78, 5) is 0. The molecule has 0 unspecified atom stereocenters. The molecule has 0 atom stereocenters. The lowest BCUT2D eigenvalue weighted by Crippen LogP contribution is -1.96. The quantitative estimate of drug-likeness (QED) is 0.916. The molecular formula is C15H16BrNO. The molecule has 0 aliphatic rings. The van der Waals surface area contributed by atoms with E-state index < -0.39 is 0 Å². The van der Waals surface area contributed by atoms with Crippen LogP contribution in [0.25, 0.3) is 0 Å². The third-order valence-corrected chi connectivity index (χ3v) is 3.34. The zero-order valence-electron chi connectivity index (χ0n) is 10.5. The monoisotopic (exact) mass is 305 g/mol. The molecule has 0 radical (unpaired) electrons. The second-order valence-corrected chi connectivity index (χ2v) is 5.26. The summed E-state index contributed by atoms with van der Waals surface area (Å²) < 4.78 is 6.83. The highest BCUT2D eigenvalue weighted by molar-refractivity contribution is 9.10. The van der Waals surface area contributed by atoms with E-state index in [9.17, 15) is 0 Å². The van der Waals surface area contributed by atoms with Gasteiger partial charge >= 0.3 is 0 Å². The Kier molecular flexibility index (Phi) is 4.04. The van der Waals surface area contributed by atoms with E-state index in [2.05, 4.69) is 35.8 Å². The lowest BCUT2D eigenvalue weighted by atomic mass is 10.1. The number of hydrogen-bond acceptors (Lipinski definition) is 2. The van der Waals surface area contributed by atoms with Gasteiger partial charge in [0.2, 0.25) is 0 Å². The molecule has 2 N–H and O–H groups in total. The molecule has 18 heavy (non-hydrogen) atoms. The summed E-state index contributed by atoms with van der Waals surface area (Å²) in [7, 11) is 0. The Morgan fingerprint density at radius 2 is 1.78 bits per heavy atom. The van der Waals surface area contributed by atoms with Crippen LogP contribution in [0.3, 0.4) is 0 Å². The third kappa shape index (κ3) is 3.12. The van der Waals surface area contributed by atoms with Gasteiger partial charge in [0.25, 0.3) is 0 Å². The molecule has 0 aliphatic heterocycles. The largest absolute Gasteiger partial charge is 0.457 e. The van der Waals surface area contributed by atoms with Gasteiger partial charge in [-0.3, -0.25) is 0 Å². The van der Waals surface area contributed by atoms with Crippen LogP contribution in [0.15, 0.2) is 40.9 Å². The van der Waals surface area contributed by atoms with Crippen molar-refractivity contribution < 1.29 is 4.74 Å². The molecule has 0 saturated carbocycles. The van der Waals surface area contributed by atoms with Gasteiger partial charge in [-0.15, -0.1) is 0 Å². The van der Waals surface area contributed by atoms with Crippen molar-refractivity contribution >= 4 is 15.9 Å². The predicted octanol–water partition coefficient (Wildman–Crippen LogP) is 4.32. The van der Waals surface area contributed by atoms with Crippen molar-refractivity contribution in [2.75, 3.05) is 0 Å². The van der Waals surface area contributed by atoms with Crippen LogP contribution in [0, 0.1) is 13.8 Å². The molecule has 2 rings (SSSR count). The van der Waals surface area contributed by atoms with Crippen molar-refractivity contribution in [2.45, 2.75) is 20.4 Å². The Balaban J connectivity index is 2.27. The molecule has 3 heteroatoms. The first-order valence-electron chi connectivity index (χ1n) is 5.83. The Labute approximate surface area is 116 Å². The molecule has 0 saturated heterocycles. The fourth-order valence-electron chi connectivity index (χ4n) is 1.71. The Bertz CT molecular complexity index is 566. The summed E-state index contributed by atoms with van der Waals surface area (Å²) in [5, 5.41) is 0. The number of hydrogen-bond donors (Lipinski definition) is 1. The fraction of sp³-hybridized carbons (Fsp3) is 0.200. The fourth-order valence-corrected chi connectivity index (χ4v) is 2.23.